The highest BCUT2D eigenvalue weighted by Gasteiger charge is 2.34. The number of nitrogens with zero attached hydrogens (tertiary/aromatic N) is 6. The van der Waals surface area contributed by atoms with Crippen LogP contribution in [0.2, 0.25) is 0 Å². The van der Waals surface area contributed by atoms with E-state index in [1.807, 2.05) is 23.1 Å². The van der Waals surface area contributed by atoms with Gasteiger partial charge in [-0.15, -0.1) is 0 Å². The lowest BCUT2D eigenvalue weighted by molar-refractivity contribution is 0.103. The van der Waals surface area contributed by atoms with Crippen LogP contribution < -0.4 is 4.90 Å². The van der Waals surface area contributed by atoms with Crippen molar-refractivity contribution in [3.63, 3.8) is 0 Å². The maximum Gasteiger partial charge on any atom is 0.226 e. The summed E-state index contributed by atoms with van der Waals surface area (Å²) in [6.45, 7) is 0.613. The van der Waals surface area contributed by atoms with Crippen molar-refractivity contribution in [2.75, 3.05) is 11.4 Å². The zero-order valence-electron chi connectivity index (χ0n) is 17.4. The van der Waals surface area contributed by atoms with Gasteiger partial charge in [-0.25, -0.2) is 23.9 Å². The van der Waals surface area contributed by atoms with Gasteiger partial charge in [-0.2, -0.15) is 5.10 Å². The van der Waals surface area contributed by atoms with Gasteiger partial charge in [0.1, 0.15) is 17.4 Å². The van der Waals surface area contributed by atoms with Gasteiger partial charge in [0.25, 0.3) is 0 Å². The third-order valence-corrected chi connectivity index (χ3v) is 5.87. The number of benzene rings is 1. The number of imidazole rings is 1. The molecule has 0 amide bonds. The van der Waals surface area contributed by atoms with Crippen molar-refractivity contribution < 1.29 is 9.18 Å². The molecule has 8 nitrogen and oxygen atoms in total. The summed E-state index contributed by atoms with van der Waals surface area (Å²) in [5.41, 5.74) is 3.83. The Bertz CT molecular complexity index is 1460. The lowest BCUT2D eigenvalue weighted by Gasteiger charge is -2.33. The number of aromatic nitrogens is 6. The van der Waals surface area contributed by atoms with Gasteiger partial charge in [-0.1, -0.05) is 30.3 Å². The van der Waals surface area contributed by atoms with Crippen molar-refractivity contribution in [3.8, 4) is 0 Å². The first kappa shape index (κ1) is 19.3. The van der Waals surface area contributed by atoms with Crippen LogP contribution in [0.15, 0.2) is 73.4 Å². The molecule has 1 atom stereocenters. The lowest BCUT2D eigenvalue weighted by Crippen LogP contribution is -2.37. The number of hydrogen-bond donors (Lipinski definition) is 1. The van der Waals surface area contributed by atoms with E-state index in [0.717, 1.165) is 17.8 Å². The zero-order chi connectivity index (χ0) is 22.4. The van der Waals surface area contributed by atoms with Crippen molar-refractivity contribution in [2.45, 2.75) is 12.5 Å². The number of ketones is 1. The van der Waals surface area contributed by atoms with E-state index in [4.69, 9.17) is 0 Å². The molecule has 1 aliphatic heterocycles. The maximum atomic E-state index is 14.3. The standard InChI is InChI=1S/C24H18FN7O/c25-17-7-4-9-32-20(17)11-19(30-32)22-21-18(28-14-29-21)8-10-31(22)24-26-12-16(13-27-24)23(33)15-5-2-1-3-6-15/h1-7,9,11-14,22H,8,10H2,(H,28,29)/t22-/m0/s1. The summed E-state index contributed by atoms with van der Waals surface area (Å²) in [5.74, 6) is -0.0283. The number of aromatic amines is 1. The molecule has 0 bridgehead atoms. The van der Waals surface area contributed by atoms with E-state index in [-0.39, 0.29) is 11.6 Å². The molecule has 0 saturated heterocycles. The van der Waals surface area contributed by atoms with Gasteiger partial charge in [0, 0.05) is 42.8 Å². The van der Waals surface area contributed by atoms with Crippen LogP contribution in [-0.2, 0) is 6.42 Å². The minimum Gasteiger partial charge on any atom is -0.348 e. The Labute approximate surface area is 187 Å². The minimum atomic E-state index is -0.394. The molecular formula is C24H18FN7O. The van der Waals surface area contributed by atoms with Crippen molar-refractivity contribution in [1.29, 1.82) is 0 Å². The molecule has 4 aromatic heterocycles. The summed E-state index contributed by atoms with van der Waals surface area (Å²) in [6, 6.07) is 13.4. The highest BCUT2D eigenvalue weighted by atomic mass is 19.1. The third kappa shape index (κ3) is 3.25. The Hall–Kier alpha value is -4.40. The SMILES string of the molecule is O=C(c1ccccc1)c1cnc(N2CCc3[nH]cnc3[C@@H]2c2cc3c(F)cccn3n2)nc1. The minimum absolute atomic E-state index is 0.136. The fourth-order valence-corrected chi connectivity index (χ4v) is 4.27. The molecule has 0 fully saturated rings. The Morgan fingerprint density at radius 1 is 1.03 bits per heavy atom. The van der Waals surface area contributed by atoms with E-state index in [0.29, 0.717) is 34.8 Å². The van der Waals surface area contributed by atoms with Gasteiger partial charge in [-0.05, 0) is 18.2 Å². The van der Waals surface area contributed by atoms with Gasteiger partial charge >= 0.3 is 0 Å². The fraction of sp³-hybridized carbons (Fsp3) is 0.125. The van der Waals surface area contributed by atoms with Gasteiger partial charge in [0.05, 0.1) is 23.3 Å². The maximum absolute atomic E-state index is 14.3. The van der Waals surface area contributed by atoms with Gasteiger partial charge in [0.15, 0.2) is 5.78 Å². The average molecular weight is 439 g/mol. The molecule has 0 radical (unpaired) electrons. The molecule has 1 N–H and O–H groups in total. The van der Waals surface area contributed by atoms with E-state index in [1.165, 1.54) is 23.0 Å². The first-order valence-corrected chi connectivity index (χ1v) is 10.5. The Balaban J connectivity index is 1.39. The first-order chi connectivity index (χ1) is 16.2. The van der Waals surface area contributed by atoms with Crippen LogP contribution in [0.5, 0.6) is 0 Å². The predicted molar refractivity (Wildman–Crippen MR) is 119 cm³/mol. The zero-order valence-corrected chi connectivity index (χ0v) is 17.4. The first-order valence-electron chi connectivity index (χ1n) is 10.5. The number of H-pyrrole nitrogens is 1. The van der Waals surface area contributed by atoms with E-state index >= 15 is 0 Å². The second-order valence-electron chi connectivity index (χ2n) is 7.83. The molecule has 1 aromatic carbocycles. The molecule has 1 aliphatic rings. The molecule has 0 aliphatic carbocycles. The second-order valence-corrected chi connectivity index (χ2v) is 7.83. The lowest BCUT2D eigenvalue weighted by atomic mass is 10.00. The van der Waals surface area contributed by atoms with Crippen molar-refractivity contribution >= 4 is 17.2 Å². The average Bonchev–Trinajstić information content (AvgIpc) is 3.51. The summed E-state index contributed by atoms with van der Waals surface area (Å²) in [7, 11) is 0. The second kappa shape index (κ2) is 7.63. The number of fused-ring (bicyclic) bond motifs is 2. The summed E-state index contributed by atoms with van der Waals surface area (Å²) < 4.78 is 15.9. The summed E-state index contributed by atoms with van der Waals surface area (Å²) in [6.07, 6.45) is 7.17. The number of nitrogens with one attached hydrogen (secondary N) is 1. The normalized spacial score (nSPS) is 15.5. The van der Waals surface area contributed by atoms with Crippen molar-refractivity contribution in [3.05, 3.63) is 107 Å². The van der Waals surface area contributed by atoms with Crippen molar-refractivity contribution in [1.82, 2.24) is 29.5 Å². The quantitative estimate of drug-likeness (QED) is 0.432. The fourth-order valence-electron chi connectivity index (χ4n) is 4.27. The molecule has 33 heavy (non-hydrogen) atoms. The van der Waals surface area contributed by atoms with E-state index in [1.54, 1.807) is 36.8 Å². The number of pyridine rings is 1. The molecule has 9 heteroatoms. The van der Waals surface area contributed by atoms with Crippen LogP contribution in [0.3, 0.4) is 0 Å². The largest absolute Gasteiger partial charge is 0.348 e. The van der Waals surface area contributed by atoms with Crippen LogP contribution in [0.4, 0.5) is 10.3 Å². The van der Waals surface area contributed by atoms with Gasteiger partial charge in [0.2, 0.25) is 5.95 Å². The molecule has 5 heterocycles. The van der Waals surface area contributed by atoms with Crippen LogP contribution in [0.1, 0.15) is 39.0 Å². The highest BCUT2D eigenvalue weighted by Crippen LogP contribution is 2.35. The number of hydrogen-bond acceptors (Lipinski definition) is 6. The number of rotatable bonds is 4. The van der Waals surface area contributed by atoms with E-state index in [2.05, 4.69) is 25.0 Å². The van der Waals surface area contributed by atoms with E-state index in [9.17, 15) is 9.18 Å². The van der Waals surface area contributed by atoms with Crippen LogP contribution in [-0.4, -0.2) is 41.9 Å². The Kier molecular flexibility index (Phi) is 4.46. The number of carbonyl (C=O) groups is 1. The molecule has 0 unspecified atom stereocenters. The third-order valence-electron chi connectivity index (χ3n) is 5.87. The number of anilines is 1. The van der Waals surface area contributed by atoms with Crippen LogP contribution >= 0.6 is 0 Å². The van der Waals surface area contributed by atoms with Crippen molar-refractivity contribution in [2.24, 2.45) is 0 Å². The van der Waals surface area contributed by atoms with Gasteiger partial charge < -0.3 is 9.88 Å². The van der Waals surface area contributed by atoms with Crippen LogP contribution in [0.25, 0.3) is 5.52 Å². The van der Waals surface area contributed by atoms with Gasteiger partial charge in [-0.3, -0.25) is 4.79 Å². The van der Waals surface area contributed by atoms with E-state index < -0.39 is 6.04 Å². The monoisotopic (exact) mass is 439 g/mol. The summed E-state index contributed by atoms with van der Waals surface area (Å²) >= 11 is 0. The molecule has 5 aromatic rings. The molecular weight excluding hydrogens is 421 g/mol. The number of carbonyl (C=O) groups excluding carboxylic acids is 1. The Morgan fingerprint density at radius 3 is 2.64 bits per heavy atom. The Morgan fingerprint density at radius 2 is 1.85 bits per heavy atom. The molecule has 6 rings (SSSR count). The highest BCUT2D eigenvalue weighted by molar-refractivity contribution is 6.08. The van der Waals surface area contributed by atoms with Crippen LogP contribution in [0, 0.1) is 5.82 Å². The molecule has 162 valence electrons. The smallest absolute Gasteiger partial charge is 0.226 e. The number of halogens is 1. The molecule has 0 saturated carbocycles. The molecule has 0 spiro atoms. The topological polar surface area (TPSA) is 92.1 Å². The summed E-state index contributed by atoms with van der Waals surface area (Å²) in [4.78, 5) is 31.4. The summed E-state index contributed by atoms with van der Waals surface area (Å²) in [5, 5.41) is 4.61. The predicted octanol–water partition coefficient (Wildman–Crippen LogP) is 3.37.